The number of carboxylic acids is 1. The zero-order valence-corrected chi connectivity index (χ0v) is 11.3. The number of benzene rings is 1. The van der Waals surface area contributed by atoms with Crippen LogP contribution in [0.1, 0.15) is 25.5 Å². The molecule has 1 atom stereocenters. The Morgan fingerprint density at radius 3 is 2.58 bits per heavy atom. The van der Waals surface area contributed by atoms with E-state index in [9.17, 15) is 4.79 Å². The van der Waals surface area contributed by atoms with Crippen LogP contribution in [-0.2, 0) is 4.79 Å². The lowest BCUT2D eigenvalue weighted by Crippen LogP contribution is -2.32. The van der Waals surface area contributed by atoms with E-state index >= 15 is 0 Å². The van der Waals surface area contributed by atoms with Crippen LogP contribution in [-0.4, -0.2) is 35.7 Å². The minimum Gasteiger partial charge on any atom is -0.494 e. The molecule has 0 radical (unpaired) electrons. The van der Waals surface area contributed by atoms with Gasteiger partial charge in [-0.25, -0.2) is 0 Å². The molecule has 0 amide bonds. The van der Waals surface area contributed by atoms with Gasteiger partial charge in [0, 0.05) is 6.04 Å². The highest BCUT2D eigenvalue weighted by molar-refractivity contribution is 5.69. The van der Waals surface area contributed by atoms with Gasteiger partial charge in [-0.15, -0.1) is 6.42 Å². The molecule has 0 saturated heterocycles. The summed E-state index contributed by atoms with van der Waals surface area (Å²) in [6, 6.07) is 7.57. The van der Waals surface area contributed by atoms with Crippen molar-refractivity contribution in [3.8, 4) is 18.1 Å². The molecule has 0 heterocycles. The summed E-state index contributed by atoms with van der Waals surface area (Å²) in [5.74, 6) is 2.42. The second kappa shape index (κ2) is 7.45. The summed E-state index contributed by atoms with van der Waals surface area (Å²) >= 11 is 0. The van der Waals surface area contributed by atoms with Gasteiger partial charge in [-0.3, -0.25) is 9.69 Å². The van der Waals surface area contributed by atoms with E-state index < -0.39 is 5.97 Å². The van der Waals surface area contributed by atoms with E-state index in [-0.39, 0.29) is 12.6 Å². The van der Waals surface area contributed by atoms with Gasteiger partial charge in [-0.2, -0.15) is 0 Å². The zero-order valence-electron chi connectivity index (χ0n) is 11.3. The van der Waals surface area contributed by atoms with Crippen molar-refractivity contribution in [2.45, 2.75) is 19.9 Å². The predicted molar refractivity (Wildman–Crippen MR) is 74.1 cm³/mol. The fourth-order valence-corrected chi connectivity index (χ4v) is 1.84. The monoisotopic (exact) mass is 261 g/mol. The van der Waals surface area contributed by atoms with Crippen LogP contribution in [0.25, 0.3) is 0 Å². The van der Waals surface area contributed by atoms with Crippen molar-refractivity contribution < 1.29 is 14.6 Å². The highest BCUT2D eigenvalue weighted by Gasteiger charge is 2.17. The first-order chi connectivity index (χ1) is 9.08. The Balaban J connectivity index is 2.80. The summed E-state index contributed by atoms with van der Waals surface area (Å²) in [7, 11) is 0. The molecule has 1 N–H and O–H groups in total. The van der Waals surface area contributed by atoms with Gasteiger partial charge in [0.25, 0.3) is 0 Å². The van der Waals surface area contributed by atoms with Crippen molar-refractivity contribution in [1.29, 1.82) is 0 Å². The van der Waals surface area contributed by atoms with Gasteiger partial charge in [0.2, 0.25) is 0 Å². The summed E-state index contributed by atoms with van der Waals surface area (Å²) in [5.41, 5.74) is 1.01. The molecular weight excluding hydrogens is 242 g/mol. The summed E-state index contributed by atoms with van der Waals surface area (Å²) in [5, 5.41) is 8.89. The number of rotatable bonds is 7. The molecule has 0 aliphatic heterocycles. The van der Waals surface area contributed by atoms with E-state index in [1.165, 1.54) is 0 Å². The maximum absolute atomic E-state index is 10.8. The molecule has 4 nitrogen and oxygen atoms in total. The quantitative estimate of drug-likeness (QED) is 0.764. The smallest absolute Gasteiger partial charge is 0.317 e. The summed E-state index contributed by atoms with van der Waals surface area (Å²) in [6.45, 7) is 4.73. The molecule has 1 unspecified atom stereocenters. The van der Waals surface area contributed by atoms with Gasteiger partial charge in [-0.1, -0.05) is 18.1 Å². The number of aliphatic carboxylic acids is 1. The maximum Gasteiger partial charge on any atom is 0.317 e. The van der Waals surface area contributed by atoms with Crippen LogP contribution in [0.3, 0.4) is 0 Å². The van der Waals surface area contributed by atoms with Crippen molar-refractivity contribution >= 4 is 5.97 Å². The zero-order chi connectivity index (χ0) is 14.3. The lowest BCUT2D eigenvalue weighted by molar-refractivity contribution is -0.138. The Kier molecular flexibility index (Phi) is 5.91. The first-order valence-electron chi connectivity index (χ1n) is 6.20. The first-order valence-corrected chi connectivity index (χ1v) is 6.20. The molecule has 1 rings (SSSR count). The van der Waals surface area contributed by atoms with Crippen LogP contribution in [0, 0.1) is 12.3 Å². The molecule has 0 aliphatic carbocycles. The molecule has 1 aromatic carbocycles. The van der Waals surface area contributed by atoms with Crippen molar-refractivity contribution in [2.24, 2.45) is 0 Å². The normalized spacial score (nSPS) is 11.9. The van der Waals surface area contributed by atoms with Crippen molar-refractivity contribution in [3.63, 3.8) is 0 Å². The van der Waals surface area contributed by atoms with Gasteiger partial charge >= 0.3 is 5.97 Å². The standard InChI is InChI=1S/C15H19NO3/c1-4-10-16(11-15(17)18)12(3)13-6-8-14(9-7-13)19-5-2/h1,6-9,12H,5,10-11H2,2-3H3,(H,17,18). The van der Waals surface area contributed by atoms with E-state index in [0.29, 0.717) is 13.2 Å². The molecule has 0 fully saturated rings. The van der Waals surface area contributed by atoms with Gasteiger partial charge in [0.1, 0.15) is 5.75 Å². The van der Waals surface area contributed by atoms with Crippen LogP contribution < -0.4 is 4.74 Å². The molecule has 0 aliphatic rings. The fraction of sp³-hybridized carbons (Fsp3) is 0.400. The number of hydrogen-bond acceptors (Lipinski definition) is 3. The second-order valence-corrected chi connectivity index (χ2v) is 4.18. The molecular formula is C15H19NO3. The number of terminal acetylenes is 1. The Hall–Kier alpha value is -1.99. The topological polar surface area (TPSA) is 49.8 Å². The fourth-order valence-electron chi connectivity index (χ4n) is 1.84. The summed E-state index contributed by atoms with van der Waals surface area (Å²) < 4.78 is 5.37. The highest BCUT2D eigenvalue weighted by Crippen LogP contribution is 2.22. The molecule has 0 spiro atoms. The molecule has 0 aromatic heterocycles. The molecule has 1 aromatic rings. The molecule has 102 valence electrons. The van der Waals surface area contributed by atoms with Crippen LogP contribution in [0.4, 0.5) is 0 Å². The van der Waals surface area contributed by atoms with Crippen molar-refractivity contribution in [3.05, 3.63) is 29.8 Å². The van der Waals surface area contributed by atoms with Crippen LogP contribution in [0.5, 0.6) is 5.75 Å². The van der Waals surface area contributed by atoms with Gasteiger partial charge in [-0.05, 0) is 31.5 Å². The Labute approximate surface area is 114 Å². The van der Waals surface area contributed by atoms with E-state index in [1.54, 1.807) is 4.90 Å². The Bertz CT molecular complexity index is 447. The predicted octanol–water partition coefficient (Wildman–Crippen LogP) is 2.17. The van der Waals surface area contributed by atoms with E-state index in [1.807, 2.05) is 38.1 Å². The van der Waals surface area contributed by atoms with E-state index in [0.717, 1.165) is 11.3 Å². The third-order valence-corrected chi connectivity index (χ3v) is 2.85. The SMILES string of the molecule is C#CCN(CC(=O)O)C(C)c1ccc(OCC)cc1. The van der Waals surface area contributed by atoms with Crippen molar-refractivity contribution in [2.75, 3.05) is 19.7 Å². The summed E-state index contributed by atoms with van der Waals surface area (Å²) in [4.78, 5) is 12.6. The van der Waals surface area contributed by atoms with Crippen LogP contribution in [0.15, 0.2) is 24.3 Å². The number of carbonyl (C=O) groups is 1. The number of ether oxygens (including phenoxy) is 1. The first kappa shape index (κ1) is 15.1. The van der Waals surface area contributed by atoms with Gasteiger partial charge in [0.15, 0.2) is 0 Å². The molecule has 4 heteroatoms. The molecule has 0 bridgehead atoms. The Morgan fingerprint density at radius 2 is 2.11 bits per heavy atom. The van der Waals surface area contributed by atoms with Crippen LogP contribution in [0.2, 0.25) is 0 Å². The average Bonchev–Trinajstić information content (AvgIpc) is 2.38. The average molecular weight is 261 g/mol. The minimum absolute atomic E-state index is 0.0529. The lowest BCUT2D eigenvalue weighted by Gasteiger charge is -2.25. The van der Waals surface area contributed by atoms with Crippen LogP contribution >= 0.6 is 0 Å². The van der Waals surface area contributed by atoms with E-state index in [4.69, 9.17) is 16.3 Å². The minimum atomic E-state index is -0.881. The largest absolute Gasteiger partial charge is 0.494 e. The lowest BCUT2D eigenvalue weighted by atomic mass is 10.1. The van der Waals surface area contributed by atoms with Gasteiger partial charge in [0.05, 0.1) is 19.7 Å². The van der Waals surface area contributed by atoms with E-state index in [2.05, 4.69) is 5.92 Å². The number of nitrogens with zero attached hydrogens (tertiary/aromatic N) is 1. The maximum atomic E-state index is 10.8. The van der Waals surface area contributed by atoms with Gasteiger partial charge < -0.3 is 9.84 Å². The number of carboxylic acid groups (broad SMARTS) is 1. The third-order valence-electron chi connectivity index (χ3n) is 2.85. The highest BCUT2D eigenvalue weighted by atomic mass is 16.5. The molecule has 0 saturated carbocycles. The second-order valence-electron chi connectivity index (χ2n) is 4.18. The Morgan fingerprint density at radius 1 is 1.47 bits per heavy atom. The third kappa shape index (κ3) is 4.65. The molecule has 19 heavy (non-hydrogen) atoms. The summed E-state index contributed by atoms with van der Waals surface area (Å²) in [6.07, 6.45) is 5.28. The van der Waals surface area contributed by atoms with Crippen molar-refractivity contribution in [1.82, 2.24) is 4.90 Å². The number of hydrogen-bond donors (Lipinski definition) is 1.